The number of carbonyl (C=O) groups is 7. The van der Waals surface area contributed by atoms with Crippen LogP contribution >= 0.6 is 7.82 Å². The van der Waals surface area contributed by atoms with Gasteiger partial charge < -0.3 is 165 Å². The predicted octanol–water partition coefficient (Wildman–Crippen LogP) is -10.6. The van der Waals surface area contributed by atoms with E-state index >= 15 is 0 Å². The van der Waals surface area contributed by atoms with E-state index in [2.05, 4.69) is 20.9 Å². The number of nitrogens with two attached hydrogens (primary N) is 1. The lowest BCUT2D eigenvalue weighted by molar-refractivity contribution is -0.398. The van der Waals surface area contributed by atoms with Gasteiger partial charge in [-0.05, 0) is 49.9 Å². The number of aromatic nitrogens is 2. The van der Waals surface area contributed by atoms with E-state index in [0.717, 1.165) is 31.5 Å². The van der Waals surface area contributed by atoms with Gasteiger partial charge in [-0.15, -0.1) is 0 Å². The number of phosphoric ester groups is 1. The summed E-state index contributed by atoms with van der Waals surface area (Å²) in [7, 11) is -5.67. The molecule has 596 valence electrons. The van der Waals surface area contributed by atoms with Gasteiger partial charge in [0, 0.05) is 50.9 Å². The van der Waals surface area contributed by atoms with Crippen molar-refractivity contribution in [2.45, 2.75) is 231 Å². The van der Waals surface area contributed by atoms with E-state index in [9.17, 15) is 124 Å². The zero-order valence-electron chi connectivity index (χ0n) is 56.4. The van der Waals surface area contributed by atoms with Crippen molar-refractivity contribution < 1.29 is 186 Å². The Bertz CT molecular complexity index is 3410. The molecule has 8 rings (SSSR count). The number of nitrogens with one attached hydrogen (secondary N) is 3. The van der Waals surface area contributed by atoms with Crippen molar-refractivity contribution in [3.8, 4) is 0 Å². The summed E-state index contributed by atoms with van der Waals surface area (Å²) < 4.78 is 90.8. The van der Waals surface area contributed by atoms with Gasteiger partial charge in [0.15, 0.2) is 43.6 Å². The molecule has 11 unspecified atom stereocenters. The SMILES string of the molecule is CC(=O)C[C@H]1C([C@H](O)[C@H](O)CCCc2ccc(C(=O)NCCO[C@@H]3OC(OC=O)[C@@H](O[C@H]4OC(CO)[C@@H](O[C@@H]5OC(OC=O)[C@@H](O[C@H]6OC(CO)[C@@H](O)[C@H](O)C6NC(C)=O)[C@H](O)C5O)[C@H](O)C4NC(C)=O)[C@H](O)C3O)cc2)O[C@](OP(=O)(O)OC[C@H]2O[C@@H](n3ccc(N)nc3=O)C(O)[C@H]2O)(C(=O)O)C[C@H]1O. The van der Waals surface area contributed by atoms with Crippen LogP contribution < -0.4 is 27.4 Å². The van der Waals surface area contributed by atoms with Crippen LogP contribution in [-0.4, -0.2) is 338 Å². The molecule has 45 nitrogen and oxygen atoms in total. The lowest BCUT2D eigenvalue weighted by Gasteiger charge is -2.49. The number of carboxylic acids is 1. The zero-order chi connectivity index (χ0) is 78.0. The molecule has 106 heavy (non-hydrogen) atoms. The molecule has 0 spiro atoms. The van der Waals surface area contributed by atoms with E-state index in [1.165, 1.54) is 30.3 Å². The largest absolute Gasteiger partial charge is 0.477 e. The Labute approximate surface area is 598 Å². The van der Waals surface area contributed by atoms with Gasteiger partial charge in [0.25, 0.3) is 24.6 Å². The predicted molar refractivity (Wildman–Crippen MR) is 335 cm³/mol. The van der Waals surface area contributed by atoms with E-state index in [4.69, 9.17) is 71.6 Å². The van der Waals surface area contributed by atoms with Gasteiger partial charge in [-0.2, -0.15) is 4.98 Å². The number of hydrogen-bond donors (Lipinski definition) is 20. The topological polar surface area (TPSA) is 686 Å². The third-order valence-electron chi connectivity index (χ3n) is 18.0. The highest BCUT2D eigenvalue weighted by atomic mass is 31.2. The summed E-state index contributed by atoms with van der Waals surface area (Å²) in [5.41, 5.74) is 5.20. The molecule has 7 heterocycles. The van der Waals surface area contributed by atoms with Crippen molar-refractivity contribution in [2.24, 2.45) is 5.92 Å². The highest BCUT2D eigenvalue weighted by molar-refractivity contribution is 7.47. The van der Waals surface area contributed by atoms with Crippen molar-refractivity contribution in [3.63, 3.8) is 0 Å². The van der Waals surface area contributed by atoms with E-state index in [0.29, 0.717) is 5.56 Å². The number of nitrogens with zero attached hydrogens (tertiary/aromatic N) is 2. The molecular formula is C60H87N6O39P. The Balaban J connectivity index is 0.815. The molecule has 6 fully saturated rings. The van der Waals surface area contributed by atoms with Crippen LogP contribution in [0, 0.1) is 5.92 Å². The van der Waals surface area contributed by atoms with Crippen LogP contribution in [0.4, 0.5) is 5.82 Å². The number of ketones is 1. The van der Waals surface area contributed by atoms with Crippen LogP contribution in [0.3, 0.4) is 0 Å². The lowest BCUT2D eigenvalue weighted by atomic mass is 9.80. The maximum atomic E-state index is 13.4. The van der Waals surface area contributed by atoms with Gasteiger partial charge in [-0.3, -0.25) is 33.1 Å². The fourth-order valence-corrected chi connectivity index (χ4v) is 13.6. The van der Waals surface area contributed by atoms with Crippen LogP contribution in [-0.2, 0) is 106 Å². The van der Waals surface area contributed by atoms with Crippen molar-refractivity contribution in [1.29, 1.82) is 0 Å². The quantitative estimate of drug-likeness (QED) is 0.0176. The minimum absolute atomic E-state index is 0.0902. The smallest absolute Gasteiger partial charge is 0.475 e. The van der Waals surface area contributed by atoms with Crippen molar-refractivity contribution in [3.05, 3.63) is 58.1 Å². The number of rotatable bonds is 34. The Morgan fingerprint density at radius 1 is 0.698 bits per heavy atom. The number of Topliss-reactive ketones (excluding diaryl/α,β-unsaturated/α-hetero) is 1. The zero-order valence-corrected chi connectivity index (χ0v) is 57.3. The minimum Gasteiger partial charge on any atom is -0.477 e. The second-order valence-electron chi connectivity index (χ2n) is 25.6. The monoisotopic (exact) mass is 1550 g/mol. The molecule has 31 atom stereocenters. The van der Waals surface area contributed by atoms with Gasteiger partial charge in [0.2, 0.25) is 24.4 Å². The van der Waals surface area contributed by atoms with Crippen molar-refractivity contribution >= 4 is 56.1 Å². The molecule has 21 N–H and O–H groups in total. The first-order chi connectivity index (χ1) is 50.1. The molecule has 0 aliphatic carbocycles. The van der Waals surface area contributed by atoms with Gasteiger partial charge in [0.05, 0.1) is 44.7 Å². The molecule has 1 aromatic carbocycles. The van der Waals surface area contributed by atoms with Gasteiger partial charge in [0.1, 0.15) is 109 Å². The summed E-state index contributed by atoms with van der Waals surface area (Å²) in [5, 5.41) is 171. The molecule has 6 saturated heterocycles. The Morgan fingerprint density at radius 2 is 1.25 bits per heavy atom. The summed E-state index contributed by atoms with van der Waals surface area (Å²) in [5.74, 6) is -9.87. The maximum absolute atomic E-state index is 13.4. The minimum atomic E-state index is -5.67. The number of carbonyl (C=O) groups excluding carboxylic acids is 6. The summed E-state index contributed by atoms with van der Waals surface area (Å²) >= 11 is 0. The number of aliphatic hydroxyl groups excluding tert-OH is 14. The van der Waals surface area contributed by atoms with E-state index in [1.807, 2.05) is 0 Å². The fraction of sp³-hybridized carbons (Fsp3) is 0.717. The first-order valence-corrected chi connectivity index (χ1v) is 34.3. The third-order valence-corrected chi connectivity index (χ3v) is 19.0. The lowest BCUT2D eigenvalue weighted by Crippen LogP contribution is -2.70. The first-order valence-electron chi connectivity index (χ1n) is 32.8. The summed E-state index contributed by atoms with van der Waals surface area (Å²) in [4.78, 5) is 113. The van der Waals surface area contributed by atoms with E-state index < -0.39 is 266 Å². The highest BCUT2D eigenvalue weighted by Crippen LogP contribution is 2.53. The fourth-order valence-electron chi connectivity index (χ4n) is 12.7. The number of amides is 3. The number of carboxylic acid groups (broad SMARTS) is 1. The normalized spacial score (nSPS) is 38.0. The Hall–Kier alpha value is -6.46. The molecule has 0 radical (unpaired) electrons. The summed E-state index contributed by atoms with van der Waals surface area (Å²) in [6, 6.07) is 3.69. The molecule has 0 saturated carbocycles. The molecule has 6 aliphatic heterocycles. The first kappa shape index (κ1) is 85.2. The molecule has 3 amide bonds. The average molecular weight is 1550 g/mol. The third kappa shape index (κ3) is 20.3. The molecular weight excluding hydrogens is 1460 g/mol. The number of anilines is 1. The van der Waals surface area contributed by atoms with Crippen LogP contribution in [0.2, 0.25) is 0 Å². The standard InChI is InChI=1S/C60H87N6O39P/c1-22(71)15-27-29(75)16-60(58(87)88,105-106(90,91)95-19-32-38(78)43(83)51(96-32)66-13-11-33(61)65-59(66)89)104-46(27)36(76)28(74)6-4-5-25-7-9-26(10-8-25)50(86)62-12-14-92-54-44(84)41(81)48(56(102-54)93-20-69)101-53-35(64-24(3)73)40(80)47(31(18-68)98-53)99-55-45(85)42(82)49(57(103-55)94-21-70)100-52-34(63-23(2)72)39(79)37(77)30(17-67)97-52/h7-11,13,20-21,27-32,34-49,51-57,67-68,74-85H,4-6,12,14-19H2,1-3H3,(H,62,86)(H,63,72)(H,64,73)(H,87,88)(H,90,91)(H2,61,65,89)/t27-,28-,29-,30?,31?,32-,34?,35?,36-,37-,38+,39-,40-,41-,42-,43?,44?,45?,46?,47-,48+,49+,51-,52-,53-,54-,55-,56?,57?,60-/m1/s1. The van der Waals surface area contributed by atoms with Crippen LogP contribution in [0.15, 0.2) is 41.3 Å². The summed E-state index contributed by atoms with van der Waals surface area (Å²) in [6.45, 7) is -0.960. The van der Waals surface area contributed by atoms with Crippen LogP contribution in [0.25, 0.3) is 0 Å². The van der Waals surface area contributed by atoms with Crippen LogP contribution in [0.1, 0.15) is 68.6 Å². The Kier molecular flexibility index (Phi) is 30.0. The molecule has 6 aliphatic rings. The second-order valence-corrected chi connectivity index (χ2v) is 26.9. The number of aryl methyl sites for hydroxylation is 1. The van der Waals surface area contributed by atoms with E-state index in [-0.39, 0.29) is 50.1 Å². The van der Waals surface area contributed by atoms with Crippen molar-refractivity contribution in [1.82, 2.24) is 25.5 Å². The number of nitrogen functional groups attached to an aromatic ring is 1. The number of benzene rings is 1. The number of hydrogen-bond acceptors (Lipinski definition) is 39. The molecule has 46 heteroatoms. The number of aliphatic carboxylic acids is 1. The number of aliphatic hydroxyl groups is 14. The molecule has 1 aromatic heterocycles. The number of phosphoric acid groups is 1. The van der Waals surface area contributed by atoms with Gasteiger partial charge in [-0.1, -0.05) is 12.1 Å². The van der Waals surface area contributed by atoms with Gasteiger partial charge >= 0.3 is 19.5 Å². The van der Waals surface area contributed by atoms with Gasteiger partial charge in [-0.25, -0.2) is 18.7 Å². The second kappa shape index (κ2) is 37.3. The average Bonchev–Trinajstić information content (AvgIpc) is 0.882. The van der Waals surface area contributed by atoms with Crippen molar-refractivity contribution in [2.75, 3.05) is 38.7 Å². The summed E-state index contributed by atoms with van der Waals surface area (Å²) in [6.07, 6.45) is -50.5. The molecule has 0 bridgehead atoms. The Morgan fingerprint density at radius 3 is 1.81 bits per heavy atom. The number of ether oxygens (including phenoxy) is 12. The molecule has 2 aromatic rings. The maximum Gasteiger partial charge on any atom is 0.475 e. The highest BCUT2D eigenvalue weighted by Gasteiger charge is 2.61. The van der Waals surface area contributed by atoms with Crippen LogP contribution in [0.5, 0.6) is 0 Å². The van der Waals surface area contributed by atoms with E-state index in [1.54, 1.807) is 0 Å².